The van der Waals surface area contributed by atoms with Crippen LogP contribution in [0, 0.1) is 11.6 Å². The van der Waals surface area contributed by atoms with Crippen LogP contribution in [0.25, 0.3) is 22.2 Å². The Morgan fingerprint density at radius 2 is 1.74 bits per heavy atom. The van der Waals surface area contributed by atoms with Crippen molar-refractivity contribution >= 4 is 42.4 Å². The fourth-order valence-electron chi connectivity index (χ4n) is 3.43. The number of pyridine rings is 1. The molecule has 0 radical (unpaired) electrons. The number of sulfone groups is 1. The first-order valence-electron chi connectivity index (χ1n) is 9.63. The maximum atomic E-state index is 14.9. The lowest BCUT2D eigenvalue weighted by atomic mass is 10.00. The average molecular weight is 506 g/mol. The zero-order valence-electron chi connectivity index (χ0n) is 17.8. The SMILES string of the molecule is CS(=O)(=O)Nc1ccc(F)c(C(=O)c2c[nH]c3ncc(-c4cccc(S(C)(=O)=O)c4)cc23)c1F. The molecule has 2 aromatic carbocycles. The van der Waals surface area contributed by atoms with Crippen molar-refractivity contribution in [1.82, 2.24) is 9.97 Å². The van der Waals surface area contributed by atoms with Crippen molar-refractivity contribution in [3.05, 3.63) is 77.6 Å². The van der Waals surface area contributed by atoms with Gasteiger partial charge in [0.15, 0.2) is 15.7 Å². The van der Waals surface area contributed by atoms with Gasteiger partial charge in [0.05, 0.1) is 22.4 Å². The Morgan fingerprint density at radius 3 is 2.41 bits per heavy atom. The monoisotopic (exact) mass is 505 g/mol. The molecular formula is C22H17F2N3O5S2. The van der Waals surface area contributed by atoms with E-state index in [-0.39, 0.29) is 21.5 Å². The molecule has 34 heavy (non-hydrogen) atoms. The summed E-state index contributed by atoms with van der Waals surface area (Å²) in [5.41, 5.74) is -0.355. The highest BCUT2D eigenvalue weighted by Crippen LogP contribution is 2.30. The van der Waals surface area contributed by atoms with Gasteiger partial charge in [-0.05, 0) is 35.9 Å². The minimum absolute atomic E-state index is 0.0924. The number of hydrogen-bond donors (Lipinski definition) is 2. The summed E-state index contributed by atoms with van der Waals surface area (Å²) in [6, 6.07) is 9.33. The number of sulfonamides is 1. The number of aromatic amines is 1. The van der Waals surface area contributed by atoms with Gasteiger partial charge in [-0.15, -0.1) is 0 Å². The molecule has 2 N–H and O–H groups in total. The number of ketones is 1. The largest absolute Gasteiger partial charge is 0.345 e. The summed E-state index contributed by atoms with van der Waals surface area (Å²) in [6.07, 6.45) is 4.58. The quantitative estimate of drug-likeness (QED) is 0.386. The molecular weight excluding hydrogens is 488 g/mol. The second kappa shape index (κ2) is 8.29. The first-order valence-corrected chi connectivity index (χ1v) is 13.4. The molecule has 0 atom stereocenters. The van der Waals surface area contributed by atoms with Gasteiger partial charge in [0.1, 0.15) is 11.5 Å². The smallest absolute Gasteiger partial charge is 0.229 e. The maximum absolute atomic E-state index is 14.9. The molecule has 0 spiro atoms. The van der Waals surface area contributed by atoms with Crippen molar-refractivity contribution < 1.29 is 30.4 Å². The number of rotatable bonds is 6. The van der Waals surface area contributed by atoms with Crippen LogP contribution in [0.5, 0.6) is 0 Å². The zero-order valence-corrected chi connectivity index (χ0v) is 19.4. The molecule has 176 valence electrons. The topological polar surface area (TPSA) is 126 Å². The van der Waals surface area contributed by atoms with Crippen LogP contribution in [-0.2, 0) is 19.9 Å². The summed E-state index contributed by atoms with van der Waals surface area (Å²) in [6.45, 7) is 0. The minimum Gasteiger partial charge on any atom is -0.345 e. The zero-order chi connectivity index (χ0) is 24.8. The Morgan fingerprint density at radius 1 is 1.00 bits per heavy atom. The summed E-state index contributed by atoms with van der Waals surface area (Å²) in [5.74, 6) is -3.54. The van der Waals surface area contributed by atoms with Gasteiger partial charge in [0.2, 0.25) is 15.8 Å². The van der Waals surface area contributed by atoms with Gasteiger partial charge in [-0.3, -0.25) is 9.52 Å². The number of halogens is 2. The molecule has 0 aliphatic rings. The predicted molar refractivity (Wildman–Crippen MR) is 123 cm³/mol. The van der Waals surface area contributed by atoms with Gasteiger partial charge in [0, 0.05) is 35.2 Å². The highest BCUT2D eigenvalue weighted by molar-refractivity contribution is 7.92. The number of nitrogens with one attached hydrogen (secondary N) is 2. The number of carbonyl (C=O) groups is 1. The minimum atomic E-state index is -3.88. The number of hydrogen-bond acceptors (Lipinski definition) is 6. The fraction of sp³-hybridized carbons (Fsp3) is 0.0909. The number of nitrogens with zero attached hydrogens (tertiary/aromatic N) is 1. The predicted octanol–water partition coefficient (Wildman–Crippen LogP) is 3.51. The summed E-state index contributed by atoms with van der Waals surface area (Å²) < 4.78 is 78.1. The molecule has 4 aromatic rings. The lowest BCUT2D eigenvalue weighted by Gasteiger charge is -2.10. The van der Waals surface area contributed by atoms with Gasteiger partial charge in [-0.1, -0.05) is 12.1 Å². The standard InChI is InChI=1S/C22H17F2N3O5S2/c1-33(29,30)14-5-3-4-12(8-14)13-9-15-16(11-26-22(15)25-10-13)21(28)19-17(23)6-7-18(20(19)24)27-34(2,31)32/h3-11,27H,1-2H3,(H,25,26). The normalized spacial score (nSPS) is 12.1. The molecule has 0 aliphatic carbocycles. The second-order valence-electron chi connectivity index (χ2n) is 7.61. The molecule has 0 fully saturated rings. The highest BCUT2D eigenvalue weighted by Gasteiger charge is 2.25. The Hall–Kier alpha value is -3.64. The average Bonchev–Trinajstić information content (AvgIpc) is 3.18. The van der Waals surface area contributed by atoms with Gasteiger partial charge < -0.3 is 4.98 Å². The van der Waals surface area contributed by atoms with Crippen LogP contribution in [0.3, 0.4) is 0 Å². The van der Waals surface area contributed by atoms with Crippen LogP contribution in [0.15, 0.2) is 59.8 Å². The van der Waals surface area contributed by atoms with E-state index in [9.17, 15) is 30.4 Å². The molecule has 0 aliphatic heterocycles. The van der Waals surface area contributed by atoms with Crippen LogP contribution < -0.4 is 4.72 Å². The maximum Gasteiger partial charge on any atom is 0.229 e. The van der Waals surface area contributed by atoms with Crippen molar-refractivity contribution in [2.45, 2.75) is 4.90 Å². The molecule has 2 heterocycles. The molecule has 0 unspecified atom stereocenters. The second-order valence-corrected chi connectivity index (χ2v) is 11.4. The van der Waals surface area contributed by atoms with Crippen molar-refractivity contribution in [2.24, 2.45) is 0 Å². The van der Waals surface area contributed by atoms with E-state index < -0.39 is 48.5 Å². The van der Waals surface area contributed by atoms with E-state index in [0.29, 0.717) is 11.1 Å². The van der Waals surface area contributed by atoms with Gasteiger partial charge in [0.25, 0.3) is 0 Å². The molecule has 4 rings (SSSR count). The Labute approximate surface area is 193 Å². The number of fused-ring (bicyclic) bond motifs is 1. The lowest BCUT2D eigenvalue weighted by Crippen LogP contribution is -2.14. The number of carbonyl (C=O) groups excluding carboxylic acids is 1. The van der Waals surface area contributed by atoms with E-state index in [4.69, 9.17) is 0 Å². The Balaban J connectivity index is 1.83. The van der Waals surface area contributed by atoms with Crippen LogP contribution in [0.4, 0.5) is 14.5 Å². The van der Waals surface area contributed by atoms with E-state index in [1.165, 1.54) is 24.5 Å². The van der Waals surface area contributed by atoms with Crippen LogP contribution in [0.2, 0.25) is 0 Å². The summed E-state index contributed by atoms with van der Waals surface area (Å²) in [4.78, 5) is 20.2. The van der Waals surface area contributed by atoms with E-state index >= 15 is 0 Å². The third-order valence-corrected chi connectivity index (χ3v) is 6.69. The number of H-pyrrole nitrogens is 1. The first-order chi connectivity index (χ1) is 15.8. The Kier molecular flexibility index (Phi) is 5.74. The molecule has 12 heteroatoms. The first kappa shape index (κ1) is 23.5. The van der Waals surface area contributed by atoms with E-state index in [0.717, 1.165) is 24.6 Å². The summed E-state index contributed by atoms with van der Waals surface area (Å²) >= 11 is 0. The molecule has 8 nitrogen and oxygen atoms in total. The van der Waals surface area contributed by atoms with Crippen LogP contribution in [0.1, 0.15) is 15.9 Å². The molecule has 2 aromatic heterocycles. The summed E-state index contributed by atoms with van der Waals surface area (Å²) in [5, 5.41) is 0.243. The van der Waals surface area contributed by atoms with Crippen molar-refractivity contribution in [3.8, 4) is 11.1 Å². The number of aromatic nitrogens is 2. The van der Waals surface area contributed by atoms with Crippen LogP contribution in [-0.4, -0.2) is 45.1 Å². The van der Waals surface area contributed by atoms with Gasteiger partial charge >= 0.3 is 0 Å². The van der Waals surface area contributed by atoms with Gasteiger partial charge in [-0.2, -0.15) is 0 Å². The molecule has 0 amide bonds. The van der Waals surface area contributed by atoms with E-state index in [1.807, 2.05) is 4.72 Å². The van der Waals surface area contributed by atoms with Crippen molar-refractivity contribution in [3.63, 3.8) is 0 Å². The third-order valence-electron chi connectivity index (χ3n) is 4.98. The molecule has 0 bridgehead atoms. The number of anilines is 1. The van der Waals surface area contributed by atoms with Crippen LogP contribution >= 0.6 is 0 Å². The van der Waals surface area contributed by atoms with Crippen molar-refractivity contribution in [2.75, 3.05) is 17.2 Å². The number of benzene rings is 2. The van der Waals surface area contributed by atoms with E-state index in [2.05, 4.69) is 9.97 Å². The summed E-state index contributed by atoms with van der Waals surface area (Å²) in [7, 11) is -7.34. The van der Waals surface area contributed by atoms with Gasteiger partial charge in [-0.25, -0.2) is 30.6 Å². The molecule has 0 saturated carbocycles. The third kappa shape index (κ3) is 4.54. The van der Waals surface area contributed by atoms with E-state index in [1.54, 1.807) is 18.2 Å². The Bertz CT molecular complexity index is 1680. The fourth-order valence-corrected chi connectivity index (χ4v) is 4.65. The highest BCUT2D eigenvalue weighted by atomic mass is 32.2. The van der Waals surface area contributed by atoms with Crippen molar-refractivity contribution in [1.29, 1.82) is 0 Å². The lowest BCUT2D eigenvalue weighted by molar-refractivity contribution is 0.103. The molecule has 0 saturated heterocycles.